The molecule has 2 rings (SSSR count). The number of thiophene rings is 1. The molecule has 0 bridgehead atoms. The SMILES string of the molecule is Cc1sc(C(=O)NN)cc1Cn1cncn1. The molecule has 16 heavy (non-hydrogen) atoms. The van der Waals surface area contributed by atoms with E-state index in [1.165, 1.54) is 17.7 Å². The van der Waals surface area contributed by atoms with Crippen molar-refractivity contribution in [2.24, 2.45) is 5.84 Å². The number of aromatic nitrogens is 3. The van der Waals surface area contributed by atoms with Crippen LogP contribution < -0.4 is 11.3 Å². The lowest BCUT2D eigenvalue weighted by atomic mass is 10.2. The monoisotopic (exact) mass is 237 g/mol. The second-order valence-corrected chi connectivity index (χ2v) is 4.51. The van der Waals surface area contributed by atoms with Crippen LogP contribution in [0.3, 0.4) is 0 Å². The van der Waals surface area contributed by atoms with Crippen LogP contribution in [0.5, 0.6) is 0 Å². The van der Waals surface area contributed by atoms with Crippen molar-refractivity contribution in [3.63, 3.8) is 0 Å². The van der Waals surface area contributed by atoms with Crippen LogP contribution in [-0.4, -0.2) is 20.7 Å². The Balaban J connectivity index is 2.22. The summed E-state index contributed by atoms with van der Waals surface area (Å²) in [6.45, 7) is 2.57. The molecular formula is C9H11N5OS. The van der Waals surface area contributed by atoms with E-state index in [2.05, 4.69) is 15.5 Å². The van der Waals surface area contributed by atoms with Crippen LogP contribution >= 0.6 is 11.3 Å². The Kier molecular flexibility index (Phi) is 2.97. The lowest BCUT2D eigenvalue weighted by Crippen LogP contribution is -2.29. The summed E-state index contributed by atoms with van der Waals surface area (Å²) in [6, 6.07) is 1.82. The number of hydrogen-bond acceptors (Lipinski definition) is 5. The van der Waals surface area contributed by atoms with E-state index in [0.717, 1.165) is 10.4 Å². The van der Waals surface area contributed by atoms with E-state index in [4.69, 9.17) is 5.84 Å². The van der Waals surface area contributed by atoms with Crippen molar-refractivity contribution in [2.45, 2.75) is 13.5 Å². The van der Waals surface area contributed by atoms with Crippen LogP contribution in [0.4, 0.5) is 0 Å². The predicted molar refractivity (Wildman–Crippen MR) is 59.8 cm³/mol. The van der Waals surface area contributed by atoms with Crippen molar-refractivity contribution in [3.05, 3.63) is 34.0 Å². The molecule has 0 saturated carbocycles. The van der Waals surface area contributed by atoms with Crippen LogP contribution in [0.1, 0.15) is 20.1 Å². The first-order valence-electron chi connectivity index (χ1n) is 4.63. The van der Waals surface area contributed by atoms with Gasteiger partial charge in [-0.1, -0.05) is 0 Å². The maximum absolute atomic E-state index is 11.3. The number of hydrazine groups is 1. The Labute approximate surface area is 96.1 Å². The van der Waals surface area contributed by atoms with Crippen LogP contribution in [-0.2, 0) is 6.54 Å². The standard InChI is InChI=1S/C9H11N5OS/c1-6-7(3-14-5-11-4-12-14)2-8(16-6)9(15)13-10/h2,4-5H,3,10H2,1H3,(H,13,15). The molecule has 6 nitrogen and oxygen atoms in total. The van der Waals surface area contributed by atoms with Gasteiger partial charge in [-0.05, 0) is 18.6 Å². The van der Waals surface area contributed by atoms with Crippen molar-refractivity contribution in [2.75, 3.05) is 0 Å². The number of rotatable bonds is 3. The molecule has 2 aromatic heterocycles. The van der Waals surface area contributed by atoms with E-state index in [9.17, 15) is 4.79 Å². The van der Waals surface area contributed by atoms with Gasteiger partial charge in [0.05, 0.1) is 11.4 Å². The van der Waals surface area contributed by atoms with E-state index in [1.54, 1.807) is 11.0 Å². The number of nitrogens with one attached hydrogen (secondary N) is 1. The average Bonchev–Trinajstić information content (AvgIpc) is 2.89. The van der Waals surface area contributed by atoms with E-state index in [1.807, 2.05) is 13.0 Å². The predicted octanol–water partition coefficient (Wildman–Crippen LogP) is 0.300. The van der Waals surface area contributed by atoms with Crippen LogP contribution in [0, 0.1) is 6.92 Å². The smallest absolute Gasteiger partial charge is 0.275 e. The highest BCUT2D eigenvalue weighted by Gasteiger charge is 2.11. The third-order valence-electron chi connectivity index (χ3n) is 2.17. The van der Waals surface area contributed by atoms with Crippen LogP contribution in [0.15, 0.2) is 18.7 Å². The van der Waals surface area contributed by atoms with Gasteiger partial charge >= 0.3 is 0 Å². The number of amides is 1. The zero-order valence-electron chi connectivity index (χ0n) is 8.67. The first-order valence-corrected chi connectivity index (χ1v) is 5.45. The molecule has 0 aliphatic heterocycles. The lowest BCUT2D eigenvalue weighted by Gasteiger charge is -1.98. The van der Waals surface area contributed by atoms with Gasteiger partial charge in [-0.2, -0.15) is 5.10 Å². The number of nitrogen functional groups attached to an aromatic ring is 1. The molecule has 0 aliphatic carbocycles. The molecule has 0 spiro atoms. The molecule has 84 valence electrons. The molecule has 0 aromatic carbocycles. The van der Waals surface area contributed by atoms with Gasteiger partial charge in [-0.3, -0.25) is 10.2 Å². The number of carbonyl (C=O) groups excluding carboxylic acids is 1. The van der Waals surface area contributed by atoms with Crippen LogP contribution in [0.25, 0.3) is 0 Å². The summed E-state index contributed by atoms with van der Waals surface area (Å²) in [5, 5.41) is 4.01. The Morgan fingerprint density at radius 2 is 2.50 bits per heavy atom. The lowest BCUT2D eigenvalue weighted by molar-refractivity contribution is 0.0957. The molecule has 0 atom stereocenters. The Morgan fingerprint density at radius 1 is 1.69 bits per heavy atom. The molecule has 2 heterocycles. The minimum Gasteiger partial charge on any atom is -0.289 e. The molecule has 0 saturated heterocycles. The molecule has 3 N–H and O–H groups in total. The first-order chi connectivity index (χ1) is 7.70. The summed E-state index contributed by atoms with van der Waals surface area (Å²) >= 11 is 1.42. The van der Waals surface area contributed by atoms with E-state index >= 15 is 0 Å². The third kappa shape index (κ3) is 2.10. The molecule has 2 aromatic rings. The van der Waals surface area contributed by atoms with Gasteiger partial charge in [0, 0.05) is 4.88 Å². The molecule has 0 aliphatic rings. The van der Waals surface area contributed by atoms with Gasteiger partial charge in [0.2, 0.25) is 0 Å². The number of aryl methyl sites for hydroxylation is 1. The second kappa shape index (κ2) is 4.42. The Morgan fingerprint density at radius 3 is 3.12 bits per heavy atom. The number of nitrogens with zero attached hydrogens (tertiary/aromatic N) is 3. The van der Waals surface area contributed by atoms with Gasteiger partial charge in [0.25, 0.3) is 5.91 Å². The van der Waals surface area contributed by atoms with Crippen molar-refractivity contribution < 1.29 is 4.79 Å². The van der Waals surface area contributed by atoms with Gasteiger partial charge in [0.1, 0.15) is 12.7 Å². The fraction of sp³-hybridized carbons (Fsp3) is 0.222. The van der Waals surface area contributed by atoms with Crippen molar-refractivity contribution in [1.82, 2.24) is 20.2 Å². The van der Waals surface area contributed by atoms with E-state index < -0.39 is 0 Å². The first kappa shape index (κ1) is 10.8. The normalized spacial score (nSPS) is 10.4. The largest absolute Gasteiger partial charge is 0.289 e. The number of nitrogens with two attached hydrogens (primary N) is 1. The Bertz CT molecular complexity index is 490. The summed E-state index contributed by atoms with van der Waals surface area (Å²) in [5.74, 6) is 4.81. The summed E-state index contributed by atoms with van der Waals surface area (Å²) < 4.78 is 1.71. The fourth-order valence-corrected chi connectivity index (χ4v) is 2.29. The van der Waals surface area contributed by atoms with Crippen molar-refractivity contribution in [3.8, 4) is 0 Å². The van der Waals surface area contributed by atoms with Gasteiger partial charge in [-0.15, -0.1) is 11.3 Å². The van der Waals surface area contributed by atoms with Crippen molar-refractivity contribution in [1.29, 1.82) is 0 Å². The fourth-order valence-electron chi connectivity index (χ4n) is 1.35. The van der Waals surface area contributed by atoms with E-state index in [-0.39, 0.29) is 5.91 Å². The van der Waals surface area contributed by atoms with Crippen molar-refractivity contribution >= 4 is 17.2 Å². The van der Waals surface area contributed by atoms with Crippen LogP contribution in [0.2, 0.25) is 0 Å². The molecule has 0 radical (unpaired) electrons. The number of carbonyl (C=O) groups is 1. The zero-order chi connectivity index (χ0) is 11.5. The van der Waals surface area contributed by atoms with Gasteiger partial charge < -0.3 is 0 Å². The molecule has 0 fully saturated rings. The topological polar surface area (TPSA) is 85.8 Å². The highest BCUT2D eigenvalue weighted by Crippen LogP contribution is 2.21. The highest BCUT2D eigenvalue weighted by molar-refractivity contribution is 7.14. The van der Waals surface area contributed by atoms with Gasteiger partial charge in [0.15, 0.2) is 0 Å². The van der Waals surface area contributed by atoms with Gasteiger partial charge in [-0.25, -0.2) is 15.5 Å². The Hall–Kier alpha value is -1.73. The zero-order valence-corrected chi connectivity index (χ0v) is 9.49. The number of hydrogen-bond donors (Lipinski definition) is 2. The molecule has 7 heteroatoms. The highest BCUT2D eigenvalue weighted by atomic mass is 32.1. The minimum atomic E-state index is -0.266. The second-order valence-electron chi connectivity index (χ2n) is 3.26. The minimum absolute atomic E-state index is 0.266. The summed E-state index contributed by atoms with van der Waals surface area (Å²) in [5.41, 5.74) is 3.17. The summed E-state index contributed by atoms with van der Waals surface area (Å²) in [4.78, 5) is 16.9. The summed E-state index contributed by atoms with van der Waals surface area (Å²) in [7, 11) is 0. The molecule has 1 amide bonds. The maximum atomic E-state index is 11.3. The summed E-state index contributed by atoms with van der Waals surface area (Å²) in [6.07, 6.45) is 3.12. The quantitative estimate of drug-likeness (QED) is 0.456. The third-order valence-corrected chi connectivity index (χ3v) is 3.27. The van der Waals surface area contributed by atoms with E-state index in [0.29, 0.717) is 11.4 Å². The average molecular weight is 237 g/mol. The molecule has 0 unspecified atom stereocenters. The maximum Gasteiger partial charge on any atom is 0.275 e. The molecular weight excluding hydrogens is 226 g/mol.